The van der Waals surface area contributed by atoms with Gasteiger partial charge >= 0.3 is 0 Å². The van der Waals surface area contributed by atoms with E-state index in [1.807, 2.05) is 62.7 Å². The van der Waals surface area contributed by atoms with Crippen molar-refractivity contribution in [3.8, 4) is 5.69 Å². The molecule has 0 fully saturated rings. The van der Waals surface area contributed by atoms with E-state index in [1.165, 1.54) is 6.33 Å². The second-order valence-electron chi connectivity index (χ2n) is 8.21. The Morgan fingerprint density at radius 1 is 1.09 bits per heavy atom. The van der Waals surface area contributed by atoms with E-state index in [-0.39, 0.29) is 11.8 Å². The molecule has 1 atom stereocenters. The molecule has 1 unspecified atom stereocenters. The number of aromatic nitrogens is 4. The van der Waals surface area contributed by atoms with Crippen LogP contribution in [0.2, 0.25) is 0 Å². The van der Waals surface area contributed by atoms with Crippen LogP contribution >= 0.6 is 0 Å². The molecule has 6 nitrogen and oxygen atoms in total. The lowest BCUT2D eigenvalue weighted by Crippen LogP contribution is -2.35. The summed E-state index contributed by atoms with van der Waals surface area (Å²) in [6.45, 7) is 7.99. The topological polar surface area (TPSA) is 64.7 Å². The molecule has 1 N–H and O–H groups in total. The average Bonchev–Trinajstić information content (AvgIpc) is 3.27. The van der Waals surface area contributed by atoms with E-state index in [2.05, 4.69) is 15.4 Å². The maximum Gasteiger partial charge on any atom is 0.243 e. The van der Waals surface area contributed by atoms with E-state index in [4.69, 9.17) is 0 Å². The molecule has 4 rings (SSSR count). The van der Waals surface area contributed by atoms with Crippen LogP contribution in [0.4, 0.5) is 8.78 Å². The zero-order valence-corrected chi connectivity index (χ0v) is 18.4. The number of fused-ring (bicyclic) bond motifs is 1. The highest BCUT2D eigenvalue weighted by Crippen LogP contribution is 2.26. The summed E-state index contributed by atoms with van der Waals surface area (Å²) >= 11 is 0. The fourth-order valence-corrected chi connectivity index (χ4v) is 4.03. The van der Waals surface area contributed by atoms with Crippen LogP contribution in [-0.2, 0) is 11.3 Å². The fraction of sp³-hybridized carbons (Fsp3) is 0.292. The minimum atomic E-state index is -0.971. The van der Waals surface area contributed by atoms with Gasteiger partial charge in [-0.1, -0.05) is 32.0 Å². The van der Waals surface area contributed by atoms with Gasteiger partial charge in [-0.15, -0.1) is 0 Å². The van der Waals surface area contributed by atoms with Crippen LogP contribution in [0.15, 0.2) is 48.8 Å². The number of para-hydroxylation sites is 1. The maximum absolute atomic E-state index is 13.8. The van der Waals surface area contributed by atoms with Crippen molar-refractivity contribution in [3.63, 3.8) is 0 Å². The number of amides is 1. The Hall–Kier alpha value is -3.55. The summed E-state index contributed by atoms with van der Waals surface area (Å²) in [6.07, 6.45) is 1.46. The summed E-state index contributed by atoms with van der Waals surface area (Å²) in [6, 6.07) is 11.3. The largest absolute Gasteiger partial charge is 0.350 e. The highest BCUT2D eigenvalue weighted by atomic mass is 19.2. The zero-order valence-electron chi connectivity index (χ0n) is 18.4. The second-order valence-corrected chi connectivity index (χ2v) is 8.21. The summed E-state index contributed by atoms with van der Waals surface area (Å²) < 4.78 is 30.9. The van der Waals surface area contributed by atoms with Crippen molar-refractivity contribution < 1.29 is 13.6 Å². The molecule has 0 aliphatic carbocycles. The number of benzene rings is 2. The first-order valence-corrected chi connectivity index (χ1v) is 10.5. The molecule has 1 amide bonds. The van der Waals surface area contributed by atoms with E-state index in [0.29, 0.717) is 17.6 Å². The van der Waals surface area contributed by atoms with Crippen molar-refractivity contribution in [2.45, 2.75) is 40.3 Å². The Labute approximate surface area is 184 Å². The van der Waals surface area contributed by atoms with E-state index in [9.17, 15) is 13.6 Å². The van der Waals surface area contributed by atoms with Crippen LogP contribution < -0.4 is 5.32 Å². The predicted molar refractivity (Wildman–Crippen MR) is 118 cm³/mol. The van der Waals surface area contributed by atoms with E-state index in [1.54, 1.807) is 4.57 Å². The molecule has 0 radical (unpaired) electrons. The Morgan fingerprint density at radius 3 is 2.47 bits per heavy atom. The summed E-state index contributed by atoms with van der Waals surface area (Å²) in [7, 11) is 0. The number of hydrogen-bond acceptors (Lipinski definition) is 3. The lowest BCUT2D eigenvalue weighted by atomic mass is 10.0. The molecule has 0 spiro atoms. The fourth-order valence-electron chi connectivity index (χ4n) is 4.03. The zero-order chi connectivity index (χ0) is 23.0. The molecular weight excluding hydrogens is 412 g/mol. The SMILES string of the molecule is Cc1nn(-c2ccccc2)c(C)c1CNC(=O)C(C(C)C)n1cnc2cc(F)c(F)cc21. The minimum Gasteiger partial charge on any atom is -0.350 e. The molecule has 0 saturated heterocycles. The molecule has 32 heavy (non-hydrogen) atoms. The van der Waals surface area contributed by atoms with Crippen LogP contribution in [0.5, 0.6) is 0 Å². The molecule has 0 saturated carbocycles. The van der Waals surface area contributed by atoms with Gasteiger partial charge in [0.1, 0.15) is 6.04 Å². The molecule has 4 aromatic rings. The highest BCUT2D eigenvalue weighted by Gasteiger charge is 2.27. The summed E-state index contributed by atoms with van der Waals surface area (Å²) in [5.41, 5.74) is 4.34. The molecule has 0 bridgehead atoms. The monoisotopic (exact) mass is 437 g/mol. The third-order valence-electron chi connectivity index (χ3n) is 5.70. The van der Waals surface area contributed by atoms with Crippen LogP contribution in [0, 0.1) is 31.4 Å². The summed E-state index contributed by atoms with van der Waals surface area (Å²) in [4.78, 5) is 17.3. The lowest BCUT2D eigenvalue weighted by molar-refractivity contribution is -0.125. The van der Waals surface area contributed by atoms with Crippen molar-refractivity contribution in [1.82, 2.24) is 24.6 Å². The van der Waals surface area contributed by atoms with Crippen molar-refractivity contribution >= 4 is 16.9 Å². The first-order valence-electron chi connectivity index (χ1n) is 10.5. The van der Waals surface area contributed by atoms with Crippen LogP contribution in [-0.4, -0.2) is 25.2 Å². The third kappa shape index (κ3) is 3.88. The third-order valence-corrected chi connectivity index (χ3v) is 5.70. The maximum atomic E-state index is 13.8. The first-order chi connectivity index (χ1) is 15.3. The van der Waals surface area contributed by atoms with Crippen LogP contribution in [0.3, 0.4) is 0 Å². The van der Waals surface area contributed by atoms with E-state index in [0.717, 1.165) is 34.8 Å². The molecular formula is C24H25F2N5O. The number of carbonyl (C=O) groups excluding carboxylic acids is 1. The standard InChI is InChI=1S/C24H25F2N5O/c1-14(2)23(30-13-28-21-10-19(25)20(26)11-22(21)30)24(32)27-12-18-15(3)29-31(16(18)4)17-8-6-5-7-9-17/h5-11,13-14,23H,12H2,1-4H3,(H,27,32). The normalized spacial score (nSPS) is 12.5. The van der Waals surface area contributed by atoms with Crippen LogP contribution in [0.1, 0.15) is 36.8 Å². The molecule has 0 aliphatic rings. The van der Waals surface area contributed by atoms with Crippen molar-refractivity contribution in [2.75, 3.05) is 0 Å². The van der Waals surface area contributed by atoms with Crippen molar-refractivity contribution in [2.24, 2.45) is 5.92 Å². The van der Waals surface area contributed by atoms with Gasteiger partial charge in [-0.3, -0.25) is 4.79 Å². The Bertz CT molecular complexity index is 1280. The minimum absolute atomic E-state index is 0.102. The van der Waals surface area contributed by atoms with E-state index < -0.39 is 17.7 Å². The van der Waals surface area contributed by atoms with Gasteiger partial charge in [-0.2, -0.15) is 5.10 Å². The van der Waals surface area contributed by atoms with Crippen molar-refractivity contribution in [1.29, 1.82) is 0 Å². The quantitative estimate of drug-likeness (QED) is 0.478. The number of halogens is 2. The second kappa shape index (κ2) is 8.53. The average molecular weight is 437 g/mol. The smallest absolute Gasteiger partial charge is 0.243 e. The first kappa shape index (κ1) is 21.7. The summed E-state index contributed by atoms with van der Waals surface area (Å²) in [5.74, 6) is -2.26. The predicted octanol–water partition coefficient (Wildman–Crippen LogP) is 4.63. The van der Waals surface area contributed by atoms with Gasteiger partial charge in [0, 0.05) is 29.9 Å². The van der Waals surface area contributed by atoms with Gasteiger partial charge in [-0.25, -0.2) is 18.4 Å². The van der Waals surface area contributed by atoms with Gasteiger partial charge in [0.05, 0.1) is 28.7 Å². The number of nitrogens with one attached hydrogen (secondary N) is 1. The van der Waals surface area contributed by atoms with Gasteiger partial charge in [0.2, 0.25) is 5.91 Å². The molecule has 2 heterocycles. The number of nitrogens with zero attached hydrogens (tertiary/aromatic N) is 4. The molecule has 0 aliphatic heterocycles. The number of aryl methyl sites for hydroxylation is 1. The van der Waals surface area contributed by atoms with Crippen LogP contribution in [0.25, 0.3) is 16.7 Å². The van der Waals surface area contributed by atoms with E-state index >= 15 is 0 Å². The highest BCUT2D eigenvalue weighted by molar-refractivity contribution is 5.84. The summed E-state index contributed by atoms with van der Waals surface area (Å²) in [5, 5.41) is 7.62. The van der Waals surface area contributed by atoms with Gasteiger partial charge in [-0.05, 0) is 31.9 Å². The number of imidazole rings is 1. The number of rotatable bonds is 6. The molecule has 8 heteroatoms. The van der Waals surface area contributed by atoms with Gasteiger partial charge in [0.25, 0.3) is 0 Å². The Balaban J connectivity index is 1.59. The number of hydrogen-bond donors (Lipinski definition) is 1. The number of carbonyl (C=O) groups is 1. The Kier molecular flexibility index (Phi) is 5.78. The van der Waals surface area contributed by atoms with Gasteiger partial charge < -0.3 is 9.88 Å². The Morgan fingerprint density at radius 2 is 1.78 bits per heavy atom. The van der Waals surface area contributed by atoms with Gasteiger partial charge in [0.15, 0.2) is 11.6 Å². The molecule has 2 aromatic carbocycles. The molecule has 2 aromatic heterocycles. The molecule has 166 valence electrons. The lowest BCUT2D eigenvalue weighted by Gasteiger charge is -2.22. The van der Waals surface area contributed by atoms with Crippen molar-refractivity contribution in [3.05, 3.63) is 77.4 Å².